The molecule has 0 saturated carbocycles. The molecule has 0 atom stereocenters. The summed E-state index contributed by atoms with van der Waals surface area (Å²) in [5.74, 6) is -0.333. The molecule has 3 aromatic rings. The first-order valence-corrected chi connectivity index (χ1v) is 7.69. The van der Waals surface area contributed by atoms with E-state index < -0.39 is 4.92 Å². The number of nitro groups is 1. The number of nitrogens with zero attached hydrogens (tertiary/aromatic N) is 7. The van der Waals surface area contributed by atoms with Gasteiger partial charge in [0.25, 0.3) is 0 Å². The van der Waals surface area contributed by atoms with Crippen LogP contribution in [0.3, 0.4) is 0 Å². The molecule has 11 nitrogen and oxygen atoms in total. The van der Waals surface area contributed by atoms with Crippen LogP contribution in [0.25, 0.3) is 5.69 Å². The summed E-state index contributed by atoms with van der Waals surface area (Å²) in [5, 5.41) is 28.9. The van der Waals surface area contributed by atoms with Crippen molar-refractivity contribution in [2.45, 2.75) is 27.3 Å². The zero-order chi connectivity index (χ0) is 18.8. The summed E-state index contributed by atoms with van der Waals surface area (Å²) < 4.78 is 2.85. The highest BCUT2D eigenvalue weighted by molar-refractivity contribution is 5.90. The van der Waals surface area contributed by atoms with Crippen molar-refractivity contribution in [2.75, 3.05) is 5.32 Å². The molecule has 0 aliphatic heterocycles. The van der Waals surface area contributed by atoms with Gasteiger partial charge in [0.1, 0.15) is 24.3 Å². The van der Waals surface area contributed by atoms with Crippen LogP contribution < -0.4 is 5.32 Å². The molecule has 11 heteroatoms. The van der Waals surface area contributed by atoms with Gasteiger partial charge in [-0.1, -0.05) is 0 Å². The lowest BCUT2D eigenvalue weighted by Crippen LogP contribution is -2.20. The second kappa shape index (κ2) is 6.70. The number of benzene rings is 1. The molecule has 0 bridgehead atoms. The average molecular weight is 356 g/mol. The van der Waals surface area contributed by atoms with Gasteiger partial charge in [0.05, 0.1) is 10.6 Å². The lowest BCUT2D eigenvalue weighted by atomic mass is 10.2. The Morgan fingerprint density at radius 2 is 2.08 bits per heavy atom. The van der Waals surface area contributed by atoms with E-state index in [0.717, 1.165) is 11.3 Å². The maximum absolute atomic E-state index is 12.3. The Labute approximate surface area is 147 Å². The number of nitrogens with one attached hydrogen (secondary N) is 1. The molecule has 0 saturated heterocycles. The van der Waals surface area contributed by atoms with Crippen LogP contribution >= 0.6 is 0 Å². The van der Waals surface area contributed by atoms with Crippen molar-refractivity contribution in [2.24, 2.45) is 0 Å². The summed E-state index contributed by atoms with van der Waals surface area (Å²) in [6.07, 6.45) is 1.48. The second-order valence-electron chi connectivity index (χ2n) is 5.74. The van der Waals surface area contributed by atoms with Gasteiger partial charge in [-0.15, -0.1) is 5.10 Å². The van der Waals surface area contributed by atoms with E-state index in [2.05, 4.69) is 25.9 Å². The smallest absolute Gasteiger partial charge is 0.312 e. The van der Waals surface area contributed by atoms with Crippen LogP contribution in [0.1, 0.15) is 17.0 Å². The molecule has 134 valence electrons. The first-order valence-electron chi connectivity index (χ1n) is 7.69. The zero-order valence-corrected chi connectivity index (χ0v) is 14.4. The minimum Gasteiger partial charge on any atom is -0.324 e. The quantitative estimate of drug-likeness (QED) is 0.538. The van der Waals surface area contributed by atoms with Gasteiger partial charge in [0.2, 0.25) is 5.91 Å². The van der Waals surface area contributed by atoms with Crippen molar-refractivity contribution in [1.29, 1.82) is 0 Å². The number of carbonyl (C=O) groups is 1. The lowest BCUT2D eigenvalue weighted by molar-refractivity contribution is -0.386. The topological polar surface area (TPSA) is 134 Å². The van der Waals surface area contributed by atoms with Crippen LogP contribution in [0.2, 0.25) is 0 Å². The summed E-state index contributed by atoms with van der Waals surface area (Å²) in [6.45, 7) is 4.86. The number of hydrogen-bond donors (Lipinski definition) is 1. The predicted octanol–water partition coefficient (Wildman–Crippen LogP) is 1.33. The van der Waals surface area contributed by atoms with E-state index in [9.17, 15) is 14.9 Å². The third-order valence-corrected chi connectivity index (χ3v) is 3.90. The van der Waals surface area contributed by atoms with E-state index in [4.69, 9.17) is 0 Å². The second-order valence-corrected chi connectivity index (χ2v) is 5.74. The Morgan fingerprint density at radius 3 is 2.65 bits per heavy atom. The highest BCUT2D eigenvalue weighted by Gasteiger charge is 2.22. The minimum atomic E-state index is -0.493. The molecule has 0 spiro atoms. The van der Waals surface area contributed by atoms with Crippen LogP contribution in [-0.2, 0) is 11.3 Å². The average Bonchev–Trinajstić information content (AvgIpc) is 3.16. The number of carbonyl (C=O) groups excluding carboxylic acids is 1. The van der Waals surface area contributed by atoms with Crippen molar-refractivity contribution in [3.8, 4) is 5.69 Å². The maximum Gasteiger partial charge on any atom is 0.312 e. The summed E-state index contributed by atoms with van der Waals surface area (Å²) in [4.78, 5) is 22.8. The van der Waals surface area contributed by atoms with E-state index in [1.807, 2.05) is 6.92 Å². The molecule has 0 fully saturated rings. The van der Waals surface area contributed by atoms with Crippen molar-refractivity contribution in [1.82, 2.24) is 30.0 Å². The van der Waals surface area contributed by atoms with E-state index in [1.165, 1.54) is 15.7 Å². The molecule has 0 radical (unpaired) electrons. The molecular weight excluding hydrogens is 340 g/mol. The normalized spacial score (nSPS) is 10.7. The largest absolute Gasteiger partial charge is 0.324 e. The molecule has 26 heavy (non-hydrogen) atoms. The number of anilines is 1. The van der Waals surface area contributed by atoms with Gasteiger partial charge in [-0.05, 0) is 55.0 Å². The first-order chi connectivity index (χ1) is 12.4. The van der Waals surface area contributed by atoms with Gasteiger partial charge in [-0.2, -0.15) is 5.10 Å². The van der Waals surface area contributed by atoms with Gasteiger partial charge in [0, 0.05) is 5.69 Å². The van der Waals surface area contributed by atoms with Crippen molar-refractivity contribution in [3.05, 3.63) is 51.6 Å². The Hall–Kier alpha value is -3.63. The summed E-state index contributed by atoms with van der Waals surface area (Å²) >= 11 is 0. The van der Waals surface area contributed by atoms with Crippen LogP contribution in [0.5, 0.6) is 0 Å². The highest BCUT2D eigenvalue weighted by atomic mass is 16.6. The van der Waals surface area contributed by atoms with Gasteiger partial charge >= 0.3 is 5.69 Å². The fourth-order valence-electron chi connectivity index (χ4n) is 2.70. The maximum atomic E-state index is 12.3. The predicted molar refractivity (Wildman–Crippen MR) is 90.9 cm³/mol. The molecule has 2 aromatic heterocycles. The third kappa shape index (κ3) is 3.27. The monoisotopic (exact) mass is 356 g/mol. The zero-order valence-electron chi connectivity index (χ0n) is 14.4. The number of rotatable bonds is 5. The number of aryl methyl sites for hydroxylation is 2. The first kappa shape index (κ1) is 17.2. The molecule has 0 aliphatic carbocycles. The molecule has 2 heterocycles. The number of aromatic nitrogens is 6. The van der Waals surface area contributed by atoms with Gasteiger partial charge < -0.3 is 5.32 Å². The standard InChI is InChI=1S/C15H16N8O3/c1-9-6-12(4-5-13(9)22-8-16-19-20-22)17-14(24)7-21-11(3)15(23(25)26)10(2)18-21/h4-6,8H,7H2,1-3H3,(H,17,24). The summed E-state index contributed by atoms with van der Waals surface area (Å²) in [7, 11) is 0. The van der Waals surface area contributed by atoms with E-state index in [0.29, 0.717) is 11.4 Å². The van der Waals surface area contributed by atoms with E-state index >= 15 is 0 Å². The SMILES string of the molecule is Cc1cc(NC(=O)Cn2nc(C)c([N+](=O)[O-])c2C)ccc1-n1cnnn1. The Balaban J connectivity index is 1.74. The van der Waals surface area contributed by atoms with Crippen molar-refractivity contribution < 1.29 is 9.72 Å². The van der Waals surface area contributed by atoms with Gasteiger partial charge in [-0.3, -0.25) is 19.6 Å². The Kier molecular flexibility index (Phi) is 4.43. The molecular formula is C15H16N8O3. The number of amides is 1. The van der Waals surface area contributed by atoms with Gasteiger partial charge in [0.15, 0.2) is 0 Å². The van der Waals surface area contributed by atoms with Crippen LogP contribution in [-0.4, -0.2) is 40.8 Å². The number of tetrazole rings is 1. The summed E-state index contributed by atoms with van der Waals surface area (Å²) in [6, 6.07) is 5.31. The molecule has 1 N–H and O–H groups in total. The van der Waals surface area contributed by atoms with Crippen LogP contribution in [0, 0.1) is 30.9 Å². The fraction of sp³-hybridized carbons (Fsp3) is 0.267. The van der Waals surface area contributed by atoms with E-state index in [1.54, 1.807) is 32.0 Å². The summed E-state index contributed by atoms with van der Waals surface area (Å²) in [5.41, 5.74) is 2.81. The third-order valence-electron chi connectivity index (χ3n) is 3.90. The van der Waals surface area contributed by atoms with Crippen LogP contribution in [0.15, 0.2) is 24.5 Å². The fourth-order valence-corrected chi connectivity index (χ4v) is 2.70. The minimum absolute atomic E-state index is 0.0700. The van der Waals surface area contributed by atoms with E-state index in [-0.39, 0.29) is 23.8 Å². The Morgan fingerprint density at radius 1 is 1.31 bits per heavy atom. The molecule has 0 aliphatic rings. The van der Waals surface area contributed by atoms with Crippen molar-refractivity contribution in [3.63, 3.8) is 0 Å². The van der Waals surface area contributed by atoms with Gasteiger partial charge in [-0.25, -0.2) is 4.68 Å². The van der Waals surface area contributed by atoms with Crippen molar-refractivity contribution >= 4 is 17.3 Å². The molecule has 1 amide bonds. The Bertz CT molecular complexity index is 977. The molecule has 1 aromatic carbocycles. The molecule has 3 rings (SSSR count). The highest BCUT2D eigenvalue weighted by Crippen LogP contribution is 2.22. The molecule has 0 unspecified atom stereocenters. The van der Waals surface area contributed by atoms with Crippen LogP contribution in [0.4, 0.5) is 11.4 Å². The lowest BCUT2D eigenvalue weighted by Gasteiger charge is -2.09. The number of hydrogen-bond acceptors (Lipinski definition) is 7.